The number of halogens is 1. The second-order valence-corrected chi connectivity index (χ2v) is 8.00. The Balaban J connectivity index is 1.39. The summed E-state index contributed by atoms with van der Waals surface area (Å²) in [7, 11) is 0. The van der Waals surface area contributed by atoms with Gasteiger partial charge in [-0.25, -0.2) is 0 Å². The van der Waals surface area contributed by atoms with Gasteiger partial charge in [-0.05, 0) is 54.2 Å². The van der Waals surface area contributed by atoms with Gasteiger partial charge in [-0.15, -0.1) is 10.2 Å². The van der Waals surface area contributed by atoms with Crippen LogP contribution in [0.2, 0.25) is 0 Å². The number of rotatable bonds is 3. The van der Waals surface area contributed by atoms with Crippen LogP contribution in [0.1, 0.15) is 32.1 Å². The van der Waals surface area contributed by atoms with Crippen molar-refractivity contribution in [3.63, 3.8) is 0 Å². The van der Waals surface area contributed by atoms with Crippen LogP contribution in [0.5, 0.6) is 0 Å². The fraction of sp³-hybridized carbons (Fsp3) is 0.556. The number of tetrazole rings is 1. The molecule has 1 aliphatic carbocycles. The molecule has 2 atom stereocenters. The van der Waals surface area contributed by atoms with Crippen LogP contribution in [0.25, 0.3) is 11.4 Å². The average Bonchev–Trinajstić information content (AvgIpc) is 3.10. The number of hydrogen-bond acceptors (Lipinski definition) is 4. The second kappa shape index (κ2) is 7.23. The molecule has 2 aliphatic rings. The topological polar surface area (TPSA) is 63.9 Å². The summed E-state index contributed by atoms with van der Waals surface area (Å²) in [6, 6.07) is 7.74. The minimum Gasteiger partial charge on any atom is -0.341 e. The van der Waals surface area contributed by atoms with Gasteiger partial charge < -0.3 is 4.90 Å². The third kappa shape index (κ3) is 3.76. The molecular formula is C18H22BrN5O. The number of nitrogens with zero attached hydrogens (tertiary/aromatic N) is 5. The lowest BCUT2D eigenvalue weighted by Gasteiger charge is -2.41. The number of carbonyl (C=O) groups is 1. The molecule has 0 spiro atoms. The predicted molar refractivity (Wildman–Crippen MR) is 97.6 cm³/mol. The molecule has 7 heteroatoms. The van der Waals surface area contributed by atoms with Crippen LogP contribution in [0, 0.1) is 11.8 Å². The van der Waals surface area contributed by atoms with E-state index in [0.29, 0.717) is 11.7 Å². The summed E-state index contributed by atoms with van der Waals surface area (Å²) in [4.78, 5) is 16.0. The van der Waals surface area contributed by atoms with Crippen molar-refractivity contribution in [3.05, 3.63) is 28.7 Å². The maximum atomic E-state index is 12.6. The normalized spacial score (nSPS) is 23.3. The van der Waals surface area contributed by atoms with E-state index in [4.69, 9.17) is 0 Å². The highest BCUT2D eigenvalue weighted by atomic mass is 79.9. The first-order chi connectivity index (χ1) is 12.2. The molecular weight excluding hydrogens is 382 g/mol. The molecule has 0 N–H and O–H groups in total. The lowest BCUT2D eigenvalue weighted by molar-refractivity contribution is -0.135. The third-order valence-electron chi connectivity index (χ3n) is 5.48. The van der Waals surface area contributed by atoms with Gasteiger partial charge >= 0.3 is 0 Å². The minimum absolute atomic E-state index is 0.101. The molecule has 1 aromatic heterocycles. The largest absolute Gasteiger partial charge is 0.341 e. The molecule has 4 rings (SSSR count). The summed E-state index contributed by atoms with van der Waals surface area (Å²) in [5.74, 6) is 2.16. The summed E-state index contributed by atoms with van der Waals surface area (Å²) >= 11 is 3.41. The Labute approximate surface area is 155 Å². The Morgan fingerprint density at radius 3 is 2.68 bits per heavy atom. The number of carbonyl (C=O) groups excluding carboxylic acids is 1. The summed E-state index contributed by atoms with van der Waals surface area (Å²) in [6.45, 7) is 1.94. The number of hydrogen-bond donors (Lipinski definition) is 0. The summed E-state index contributed by atoms with van der Waals surface area (Å²) < 4.78 is 1.00. The lowest BCUT2D eigenvalue weighted by Crippen LogP contribution is -2.46. The van der Waals surface area contributed by atoms with E-state index >= 15 is 0 Å². The molecule has 0 bridgehead atoms. The monoisotopic (exact) mass is 403 g/mol. The number of aromatic nitrogens is 4. The van der Waals surface area contributed by atoms with Crippen LogP contribution >= 0.6 is 15.9 Å². The van der Waals surface area contributed by atoms with Crippen LogP contribution in [-0.4, -0.2) is 44.1 Å². The van der Waals surface area contributed by atoms with Crippen molar-refractivity contribution in [2.24, 2.45) is 11.8 Å². The average molecular weight is 404 g/mol. The standard InChI is InChI=1S/C18H22BrN5O/c19-16-7-5-14(6-8-16)18-20-22-24(21-18)12-17(25)23-10-9-13-3-1-2-4-15(13)11-23/h5-8,13,15H,1-4,9-12H2/t13-,15+/m1/s1. The fourth-order valence-corrected chi connectivity index (χ4v) is 4.34. The van der Waals surface area contributed by atoms with Gasteiger partial charge in [0.2, 0.25) is 11.7 Å². The van der Waals surface area contributed by atoms with Crippen LogP contribution in [0.15, 0.2) is 28.7 Å². The third-order valence-corrected chi connectivity index (χ3v) is 6.00. The SMILES string of the molecule is O=C(Cn1nnc(-c2ccc(Br)cc2)n1)N1CC[C@H]2CCCC[C@H]2C1. The molecule has 25 heavy (non-hydrogen) atoms. The zero-order valence-corrected chi connectivity index (χ0v) is 15.7. The molecule has 0 radical (unpaired) electrons. The maximum absolute atomic E-state index is 12.6. The first-order valence-corrected chi connectivity index (χ1v) is 9.80. The van der Waals surface area contributed by atoms with E-state index < -0.39 is 0 Å². The van der Waals surface area contributed by atoms with E-state index in [0.717, 1.165) is 35.5 Å². The molecule has 1 aromatic carbocycles. The maximum Gasteiger partial charge on any atom is 0.246 e. The molecule has 6 nitrogen and oxygen atoms in total. The molecule has 0 unspecified atom stereocenters. The second-order valence-electron chi connectivity index (χ2n) is 7.08. The first-order valence-electron chi connectivity index (χ1n) is 9.00. The Morgan fingerprint density at radius 1 is 1.12 bits per heavy atom. The van der Waals surface area contributed by atoms with Gasteiger partial charge in [0.25, 0.3) is 0 Å². The van der Waals surface area contributed by atoms with Gasteiger partial charge in [0.15, 0.2) is 0 Å². The molecule has 132 valence electrons. The highest BCUT2D eigenvalue weighted by Crippen LogP contribution is 2.36. The van der Waals surface area contributed by atoms with E-state index in [-0.39, 0.29) is 12.5 Å². The summed E-state index contributed by atoms with van der Waals surface area (Å²) in [5.41, 5.74) is 0.893. The van der Waals surface area contributed by atoms with Crippen molar-refractivity contribution in [2.45, 2.75) is 38.6 Å². The van der Waals surface area contributed by atoms with E-state index in [1.165, 1.54) is 30.5 Å². The number of fused-ring (bicyclic) bond motifs is 1. The zero-order chi connectivity index (χ0) is 17.2. The predicted octanol–water partition coefficient (Wildman–Crippen LogP) is 3.14. The van der Waals surface area contributed by atoms with Gasteiger partial charge in [-0.2, -0.15) is 4.80 Å². The molecule has 1 aliphatic heterocycles. The van der Waals surface area contributed by atoms with E-state index in [1.807, 2.05) is 29.2 Å². The Bertz CT molecular complexity index is 744. The molecule has 1 saturated heterocycles. The van der Waals surface area contributed by atoms with E-state index in [2.05, 4.69) is 31.3 Å². The smallest absolute Gasteiger partial charge is 0.246 e. The lowest BCUT2D eigenvalue weighted by atomic mass is 9.75. The molecule has 1 amide bonds. The van der Waals surface area contributed by atoms with Crippen molar-refractivity contribution in [2.75, 3.05) is 13.1 Å². The van der Waals surface area contributed by atoms with Crippen molar-refractivity contribution < 1.29 is 4.79 Å². The minimum atomic E-state index is 0.101. The van der Waals surface area contributed by atoms with Gasteiger partial charge in [0.05, 0.1) is 0 Å². The number of piperidine rings is 1. The highest BCUT2D eigenvalue weighted by molar-refractivity contribution is 9.10. The van der Waals surface area contributed by atoms with Crippen LogP contribution < -0.4 is 0 Å². The zero-order valence-electron chi connectivity index (χ0n) is 14.1. The van der Waals surface area contributed by atoms with Gasteiger partial charge in [0, 0.05) is 23.1 Å². The van der Waals surface area contributed by atoms with Crippen LogP contribution in [-0.2, 0) is 11.3 Å². The highest BCUT2D eigenvalue weighted by Gasteiger charge is 2.33. The van der Waals surface area contributed by atoms with Crippen molar-refractivity contribution in [1.29, 1.82) is 0 Å². The summed E-state index contributed by atoms with van der Waals surface area (Å²) in [6.07, 6.45) is 6.42. The Kier molecular flexibility index (Phi) is 4.83. The van der Waals surface area contributed by atoms with Gasteiger partial charge in [0.1, 0.15) is 6.54 Å². The fourth-order valence-electron chi connectivity index (χ4n) is 4.07. The Hall–Kier alpha value is -1.76. The van der Waals surface area contributed by atoms with Crippen LogP contribution in [0.4, 0.5) is 0 Å². The van der Waals surface area contributed by atoms with E-state index in [9.17, 15) is 4.79 Å². The Morgan fingerprint density at radius 2 is 1.88 bits per heavy atom. The quantitative estimate of drug-likeness (QED) is 0.789. The number of amides is 1. The molecule has 1 saturated carbocycles. The van der Waals surface area contributed by atoms with Crippen LogP contribution in [0.3, 0.4) is 0 Å². The molecule has 2 heterocycles. The number of benzene rings is 1. The van der Waals surface area contributed by atoms with E-state index in [1.54, 1.807) is 0 Å². The number of likely N-dealkylation sites (tertiary alicyclic amines) is 1. The first kappa shape index (κ1) is 16.7. The van der Waals surface area contributed by atoms with Gasteiger partial charge in [-0.1, -0.05) is 35.2 Å². The van der Waals surface area contributed by atoms with Crippen molar-refractivity contribution >= 4 is 21.8 Å². The summed E-state index contributed by atoms with van der Waals surface area (Å²) in [5, 5.41) is 12.5. The molecule has 2 aromatic rings. The van der Waals surface area contributed by atoms with Crippen molar-refractivity contribution in [1.82, 2.24) is 25.1 Å². The van der Waals surface area contributed by atoms with Crippen molar-refractivity contribution in [3.8, 4) is 11.4 Å². The van der Waals surface area contributed by atoms with Gasteiger partial charge in [-0.3, -0.25) is 4.79 Å². The molecule has 2 fully saturated rings.